The van der Waals surface area contributed by atoms with Crippen molar-refractivity contribution in [2.45, 2.75) is 26.9 Å². The van der Waals surface area contributed by atoms with Crippen LogP contribution in [0.15, 0.2) is 59.8 Å². The van der Waals surface area contributed by atoms with Crippen molar-refractivity contribution in [3.63, 3.8) is 0 Å². The summed E-state index contributed by atoms with van der Waals surface area (Å²) in [5.74, 6) is 0. The summed E-state index contributed by atoms with van der Waals surface area (Å²) in [5, 5.41) is 3.90. The predicted molar refractivity (Wildman–Crippen MR) is 85.7 cm³/mol. The van der Waals surface area contributed by atoms with Crippen molar-refractivity contribution in [2.24, 2.45) is 5.16 Å². The highest BCUT2D eigenvalue weighted by Crippen LogP contribution is 2.08. The lowest BCUT2D eigenvalue weighted by atomic mass is 10.1. The SMILES string of the molecule is CC/C(=N\OC(=O)OCc1ccccc1)c1ccc(C)cc1. The van der Waals surface area contributed by atoms with Gasteiger partial charge < -0.3 is 4.74 Å². The van der Waals surface area contributed by atoms with Gasteiger partial charge in [-0.25, -0.2) is 4.79 Å². The summed E-state index contributed by atoms with van der Waals surface area (Å²) >= 11 is 0. The smallest absolute Gasteiger partial charge is 0.428 e. The molecule has 0 aromatic heterocycles. The van der Waals surface area contributed by atoms with Crippen molar-refractivity contribution in [1.29, 1.82) is 0 Å². The van der Waals surface area contributed by atoms with Gasteiger partial charge in [-0.2, -0.15) is 0 Å². The molecule has 0 saturated carbocycles. The normalized spacial score (nSPS) is 11.1. The Bertz CT molecular complexity index is 633. The lowest BCUT2D eigenvalue weighted by Crippen LogP contribution is -2.07. The van der Waals surface area contributed by atoms with Crippen LogP contribution in [0.5, 0.6) is 0 Å². The van der Waals surface area contributed by atoms with E-state index in [0.29, 0.717) is 12.1 Å². The van der Waals surface area contributed by atoms with Crippen molar-refractivity contribution in [3.05, 3.63) is 71.3 Å². The van der Waals surface area contributed by atoms with Crippen LogP contribution < -0.4 is 0 Å². The van der Waals surface area contributed by atoms with Crippen LogP contribution in [0, 0.1) is 6.92 Å². The first kappa shape index (κ1) is 15.8. The van der Waals surface area contributed by atoms with E-state index in [4.69, 9.17) is 9.57 Å². The Balaban J connectivity index is 1.91. The second kappa shape index (κ2) is 7.98. The zero-order valence-electron chi connectivity index (χ0n) is 12.8. The number of rotatable bonds is 5. The Hall–Kier alpha value is -2.62. The fraction of sp³-hybridized carbons (Fsp3) is 0.222. The fourth-order valence-corrected chi connectivity index (χ4v) is 1.90. The average Bonchev–Trinajstić information content (AvgIpc) is 2.56. The number of oxime groups is 1. The zero-order chi connectivity index (χ0) is 15.8. The molecule has 0 spiro atoms. The molecule has 114 valence electrons. The van der Waals surface area contributed by atoms with E-state index < -0.39 is 6.16 Å². The molecule has 2 aromatic rings. The Morgan fingerprint density at radius 3 is 2.36 bits per heavy atom. The van der Waals surface area contributed by atoms with Gasteiger partial charge in [-0.05, 0) is 24.5 Å². The molecule has 0 heterocycles. The van der Waals surface area contributed by atoms with Crippen molar-refractivity contribution >= 4 is 11.9 Å². The quantitative estimate of drug-likeness (QED) is 0.354. The third kappa shape index (κ3) is 4.74. The second-order valence-electron chi connectivity index (χ2n) is 4.87. The predicted octanol–water partition coefficient (Wildman–Crippen LogP) is 4.46. The van der Waals surface area contributed by atoms with E-state index in [0.717, 1.165) is 11.1 Å². The number of hydrogen-bond acceptors (Lipinski definition) is 4. The Labute approximate surface area is 130 Å². The highest BCUT2D eigenvalue weighted by molar-refractivity contribution is 6.00. The highest BCUT2D eigenvalue weighted by atomic mass is 16.8. The van der Waals surface area contributed by atoms with Gasteiger partial charge in [0.2, 0.25) is 0 Å². The summed E-state index contributed by atoms with van der Waals surface area (Å²) in [5.41, 5.74) is 3.71. The minimum Gasteiger partial charge on any atom is -0.428 e. The van der Waals surface area contributed by atoms with Gasteiger partial charge in [0.15, 0.2) is 0 Å². The zero-order valence-corrected chi connectivity index (χ0v) is 12.8. The van der Waals surface area contributed by atoms with Crippen LogP contribution in [0.2, 0.25) is 0 Å². The molecular formula is C18H19NO3. The molecule has 0 amide bonds. The minimum atomic E-state index is -0.804. The standard InChI is InChI=1S/C18H19NO3/c1-3-17(16-11-9-14(2)10-12-16)19-22-18(20)21-13-15-7-5-4-6-8-15/h4-12H,3,13H2,1-2H3/b19-17+. The van der Waals surface area contributed by atoms with Crippen molar-refractivity contribution in [2.75, 3.05) is 0 Å². The molecule has 0 aliphatic heterocycles. The number of nitrogens with zero attached hydrogens (tertiary/aromatic N) is 1. The molecule has 4 heteroatoms. The molecule has 2 aromatic carbocycles. The average molecular weight is 297 g/mol. The maximum atomic E-state index is 11.6. The molecule has 22 heavy (non-hydrogen) atoms. The molecule has 0 fully saturated rings. The Morgan fingerprint density at radius 1 is 1.05 bits per heavy atom. The van der Waals surface area contributed by atoms with Gasteiger partial charge in [0.05, 0.1) is 5.71 Å². The number of hydrogen-bond donors (Lipinski definition) is 0. The van der Waals surface area contributed by atoms with Crippen LogP contribution in [-0.4, -0.2) is 11.9 Å². The molecule has 0 radical (unpaired) electrons. The first-order valence-corrected chi connectivity index (χ1v) is 7.20. The van der Waals surface area contributed by atoms with Gasteiger partial charge in [0, 0.05) is 0 Å². The fourth-order valence-electron chi connectivity index (χ4n) is 1.90. The third-order valence-corrected chi connectivity index (χ3v) is 3.15. The van der Waals surface area contributed by atoms with Crippen LogP contribution in [0.4, 0.5) is 4.79 Å². The minimum absolute atomic E-state index is 0.168. The van der Waals surface area contributed by atoms with Gasteiger partial charge in [-0.15, -0.1) is 0 Å². The van der Waals surface area contributed by atoms with E-state index in [1.54, 1.807) is 0 Å². The van der Waals surface area contributed by atoms with E-state index in [2.05, 4.69) is 5.16 Å². The molecule has 0 N–H and O–H groups in total. The lowest BCUT2D eigenvalue weighted by molar-refractivity contribution is 0.0518. The van der Waals surface area contributed by atoms with Crippen LogP contribution in [0.3, 0.4) is 0 Å². The summed E-state index contributed by atoms with van der Waals surface area (Å²) in [6.07, 6.45) is -0.142. The number of carbonyl (C=O) groups excluding carboxylic acids is 1. The maximum absolute atomic E-state index is 11.6. The number of ether oxygens (including phenoxy) is 1. The topological polar surface area (TPSA) is 47.9 Å². The molecule has 0 aliphatic rings. The van der Waals surface area contributed by atoms with E-state index in [-0.39, 0.29) is 6.61 Å². The summed E-state index contributed by atoms with van der Waals surface area (Å²) in [4.78, 5) is 16.4. The van der Waals surface area contributed by atoms with Crippen molar-refractivity contribution in [3.8, 4) is 0 Å². The van der Waals surface area contributed by atoms with E-state index in [1.165, 1.54) is 5.56 Å². The molecule has 0 aliphatic carbocycles. The molecule has 0 saturated heterocycles. The monoisotopic (exact) mass is 297 g/mol. The van der Waals surface area contributed by atoms with Gasteiger partial charge in [-0.1, -0.05) is 72.2 Å². The van der Waals surface area contributed by atoms with Gasteiger partial charge >= 0.3 is 6.16 Å². The van der Waals surface area contributed by atoms with Gasteiger partial charge in [0.1, 0.15) is 6.61 Å². The van der Waals surface area contributed by atoms with E-state index in [1.807, 2.05) is 68.4 Å². The van der Waals surface area contributed by atoms with E-state index >= 15 is 0 Å². The molecule has 2 rings (SSSR count). The van der Waals surface area contributed by atoms with Crippen LogP contribution in [0.1, 0.15) is 30.0 Å². The summed E-state index contributed by atoms with van der Waals surface area (Å²) < 4.78 is 5.01. The summed E-state index contributed by atoms with van der Waals surface area (Å²) in [7, 11) is 0. The van der Waals surface area contributed by atoms with Gasteiger partial charge in [-0.3, -0.25) is 4.84 Å². The second-order valence-corrected chi connectivity index (χ2v) is 4.87. The first-order valence-electron chi connectivity index (χ1n) is 7.20. The van der Waals surface area contributed by atoms with Crippen molar-refractivity contribution in [1.82, 2.24) is 0 Å². The summed E-state index contributed by atoms with van der Waals surface area (Å²) in [6, 6.07) is 17.3. The Morgan fingerprint density at radius 2 is 1.73 bits per heavy atom. The molecule has 0 unspecified atom stereocenters. The first-order chi connectivity index (χ1) is 10.7. The number of carbonyl (C=O) groups is 1. The van der Waals surface area contributed by atoms with Crippen LogP contribution >= 0.6 is 0 Å². The van der Waals surface area contributed by atoms with Gasteiger partial charge in [0.25, 0.3) is 0 Å². The Kier molecular flexibility index (Phi) is 5.72. The van der Waals surface area contributed by atoms with E-state index in [9.17, 15) is 4.79 Å². The molecule has 0 bridgehead atoms. The molecular weight excluding hydrogens is 278 g/mol. The third-order valence-electron chi connectivity index (χ3n) is 3.15. The molecule has 4 nitrogen and oxygen atoms in total. The molecule has 0 atom stereocenters. The number of aryl methyl sites for hydroxylation is 1. The van der Waals surface area contributed by atoms with Crippen molar-refractivity contribution < 1.29 is 14.4 Å². The van der Waals surface area contributed by atoms with Crippen LogP contribution in [0.25, 0.3) is 0 Å². The highest BCUT2D eigenvalue weighted by Gasteiger charge is 2.07. The largest absolute Gasteiger partial charge is 0.535 e. The maximum Gasteiger partial charge on any atom is 0.535 e. The van der Waals surface area contributed by atoms with Crippen LogP contribution in [-0.2, 0) is 16.2 Å². The number of benzene rings is 2. The summed E-state index contributed by atoms with van der Waals surface area (Å²) in [6.45, 7) is 4.14. The lowest BCUT2D eigenvalue weighted by Gasteiger charge is -2.05.